The number of aryl methyl sites for hydroxylation is 1. The molecular formula is C13H19N3O. The van der Waals surface area contributed by atoms with E-state index in [9.17, 15) is 5.11 Å². The van der Waals surface area contributed by atoms with Crippen molar-refractivity contribution in [1.82, 2.24) is 9.55 Å². The van der Waals surface area contributed by atoms with Gasteiger partial charge in [-0.3, -0.25) is 0 Å². The number of hydrogen-bond acceptors (Lipinski definition) is 3. The number of nitrogen functional groups attached to an aromatic ring is 1. The van der Waals surface area contributed by atoms with E-state index in [1.807, 2.05) is 32.0 Å². The third-order valence-corrected chi connectivity index (χ3v) is 3.01. The summed E-state index contributed by atoms with van der Waals surface area (Å²) < 4.78 is 2.15. The highest BCUT2D eigenvalue weighted by Crippen LogP contribution is 2.25. The van der Waals surface area contributed by atoms with Gasteiger partial charge in [0.15, 0.2) is 0 Å². The Morgan fingerprint density at radius 1 is 1.41 bits per heavy atom. The van der Waals surface area contributed by atoms with Crippen LogP contribution in [0.1, 0.15) is 32.1 Å². The van der Waals surface area contributed by atoms with Crippen LogP contribution in [-0.2, 0) is 0 Å². The topological polar surface area (TPSA) is 64.1 Å². The van der Waals surface area contributed by atoms with Crippen molar-refractivity contribution in [2.24, 2.45) is 0 Å². The van der Waals surface area contributed by atoms with E-state index in [-0.39, 0.29) is 12.1 Å². The lowest BCUT2D eigenvalue weighted by atomic mass is 10.1. The van der Waals surface area contributed by atoms with Crippen LogP contribution in [0, 0.1) is 6.92 Å². The van der Waals surface area contributed by atoms with Crippen LogP contribution >= 0.6 is 0 Å². The fourth-order valence-electron chi connectivity index (χ4n) is 2.39. The molecule has 2 unspecified atom stereocenters. The third-order valence-electron chi connectivity index (χ3n) is 3.01. The number of aliphatic hydroxyl groups excluding tert-OH is 1. The lowest BCUT2D eigenvalue weighted by Gasteiger charge is -2.17. The predicted molar refractivity (Wildman–Crippen MR) is 69.9 cm³/mol. The molecule has 2 rings (SSSR count). The minimum atomic E-state index is -0.310. The second-order valence-corrected chi connectivity index (χ2v) is 4.71. The van der Waals surface area contributed by atoms with E-state index >= 15 is 0 Å². The van der Waals surface area contributed by atoms with Crippen LogP contribution in [0.2, 0.25) is 0 Å². The molecule has 4 heteroatoms. The Hall–Kier alpha value is -1.55. The van der Waals surface area contributed by atoms with Crippen molar-refractivity contribution in [1.29, 1.82) is 0 Å². The van der Waals surface area contributed by atoms with E-state index in [0.29, 0.717) is 0 Å². The number of nitrogens with two attached hydrogens (primary N) is 1. The highest BCUT2D eigenvalue weighted by molar-refractivity contribution is 5.79. The molecule has 1 aromatic heterocycles. The van der Waals surface area contributed by atoms with E-state index in [2.05, 4.69) is 16.5 Å². The van der Waals surface area contributed by atoms with Gasteiger partial charge >= 0.3 is 0 Å². The summed E-state index contributed by atoms with van der Waals surface area (Å²) >= 11 is 0. The van der Waals surface area contributed by atoms with Gasteiger partial charge in [0.05, 0.1) is 17.1 Å². The zero-order valence-corrected chi connectivity index (χ0v) is 10.5. The van der Waals surface area contributed by atoms with Gasteiger partial charge in [0, 0.05) is 11.7 Å². The summed E-state index contributed by atoms with van der Waals surface area (Å²) in [5.41, 5.74) is 8.47. The molecule has 3 N–H and O–H groups in total. The summed E-state index contributed by atoms with van der Waals surface area (Å²) in [4.78, 5) is 4.50. The molecule has 17 heavy (non-hydrogen) atoms. The standard InChI is InChI=1S/C13H19N3O/c1-8(6-9(2)17)16-10(3)15-12-7-11(14)4-5-13(12)16/h4-5,7-9,17H,6,14H2,1-3H3. The second kappa shape index (κ2) is 4.37. The van der Waals surface area contributed by atoms with Crippen LogP contribution in [0.5, 0.6) is 0 Å². The first-order valence-electron chi connectivity index (χ1n) is 5.91. The molecule has 0 amide bonds. The summed E-state index contributed by atoms with van der Waals surface area (Å²) in [6, 6.07) is 5.98. The normalized spacial score (nSPS) is 15.1. The third kappa shape index (κ3) is 2.26. The average molecular weight is 233 g/mol. The second-order valence-electron chi connectivity index (χ2n) is 4.71. The monoisotopic (exact) mass is 233 g/mol. The minimum absolute atomic E-state index is 0.226. The molecular weight excluding hydrogens is 214 g/mol. The van der Waals surface area contributed by atoms with Crippen LogP contribution < -0.4 is 5.73 Å². The highest BCUT2D eigenvalue weighted by atomic mass is 16.3. The van der Waals surface area contributed by atoms with E-state index < -0.39 is 0 Å². The molecule has 0 aliphatic heterocycles. The first-order chi connectivity index (χ1) is 7.99. The summed E-state index contributed by atoms with van der Waals surface area (Å²) in [6.45, 7) is 5.88. The largest absolute Gasteiger partial charge is 0.399 e. The predicted octanol–water partition coefficient (Wildman–Crippen LogP) is 2.26. The zero-order chi connectivity index (χ0) is 12.6. The molecule has 0 saturated carbocycles. The Kier molecular flexibility index (Phi) is 3.07. The maximum atomic E-state index is 9.47. The van der Waals surface area contributed by atoms with Crippen molar-refractivity contribution in [3.63, 3.8) is 0 Å². The molecule has 92 valence electrons. The molecule has 0 fully saturated rings. The van der Waals surface area contributed by atoms with Crippen molar-refractivity contribution >= 4 is 16.7 Å². The van der Waals surface area contributed by atoms with E-state index in [1.165, 1.54) is 0 Å². The van der Waals surface area contributed by atoms with Gasteiger partial charge < -0.3 is 15.4 Å². The van der Waals surface area contributed by atoms with Gasteiger partial charge in [0.1, 0.15) is 5.82 Å². The van der Waals surface area contributed by atoms with Crippen molar-refractivity contribution in [3.05, 3.63) is 24.0 Å². The van der Waals surface area contributed by atoms with Crippen LogP contribution in [0.25, 0.3) is 11.0 Å². The number of nitrogens with zero attached hydrogens (tertiary/aromatic N) is 2. The lowest BCUT2D eigenvalue weighted by Crippen LogP contribution is -2.13. The van der Waals surface area contributed by atoms with Crippen molar-refractivity contribution in [2.45, 2.75) is 39.3 Å². The van der Waals surface area contributed by atoms with Gasteiger partial charge in [-0.25, -0.2) is 4.98 Å². The Bertz CT molecular complexity index is 531. The molecule has 1 aromatic carbocycles. The van der Waals surface area contributed by atoms with Crippen LogP contribution in [0.4, 0.5) is 5.69 Å². The fraction of sp³-hybridized carbons (Fsp3) is 0.462. The number of imidazole rings is 1. The average Bonchev–Trinajstić information content (AvgIpc) is 2.51. The smallest absolute Gasteiger partial charge is 0.106 e. The SMILES string of the molecule is Cc1nc2cc(N)ccc2n1C(C)CC(C)O. The maximum Gasteiger partial charge on any atom is 0.106 e. The summed E-state index contributed by atoms with van der Waals surface area (Å²) in [5, 5.41) is 9.47. The molecule has 2 aromatic rings. The van der Waals surface area contributed by atoms with Crippen molar-refractivity contribution < 1.29 is 5.11 Å². The number of rotatable bonds is 3. The van der Waals surface area contributed by atoms with Gasteiger partial charge in [-0.1, -0.05) is 0 Å². The number of benzene rings is 1. The van der Waals surface area contributed by atoms with Gasteiger partial charge in [0.25, 0.3) is 0 Å². The first kappa shape index (κ1) is 11.9. The Labute approximate surface area is 101 Å². The Balaban J connectivity index is 2.49. The number of fused-ring (bicyclic) bond motifs is 1. The molecule has 4 nitrogen and oxygen atoms in total. The number of aliphatic hydroxyl groups is 1. The maximum absolute atomic E-state index is 9.47. The molecule has 0 aliphatic carbocycles. The number of anilines is 1. The number of aromatic nitrogens is 2. The summed E-state index contributed by atoms with van der Waals surface area (Å²) in [6.07, 6.45) is 0.409. The van der Waals surface area contributed by atoms with E-state index in [4.69, 9.17) is 5.73 Å². The van der Waals surface area contributed by atoms with Crippen LogP contribution in [0.3, 0.4) is 0 Å². The summed E-state index contributed by atoms with van der Waals surface area (Å²) in [7, 11) is 0. The molecule has 0 radical (unpaired) electrons. The van der Waals surface area contributed by atoms with Crippen molar-refractivity contribution in [2.75, 3.05) is 5.73 Å². The van der Waals surface area contributed by atoms with Gasteiger partial charge in [-0.2, -0.15) is 0 Å². The zero-order valence-electron chi connectivity index (χ0n) is 10.5. The van der Waals surface area contributed by atoms with E-state index in [0.717, 1.165) is 29.0 Å². The van der Waals surface area contributed by atoms with Gasteiger partial charge in [0.2, 0.25) is 0 Å². The minimum Gasteiger partial charge on any atom is -0.399 e. The quantitative estimate of drug-likeness (QED) is 0.799. The molecule has 0 aliphatic rings. The Morgan fingerprint density at radius 2 is 2.12 bits per heavy atom. The number of hydrogen-bond donors (Lipinski definition) is 2. The lowest BCUT2D eigenvalue weighted by molar-refractivity contribution is 0.166. The van der Waals surface area contributed by atoms with Crippen molar-refractivity contribution in [3.8, 4) is 0 Å². The molecule has 0 bridgehead atoms. The molecule has 0 saturated heterocycles. The van der Waals surface area contributed by atoms with Gasteiger partial charge in [-0.05, 0) is 45.4 Å². The van der Waals surface area contributed by atoms with E-state index in [1.54, 1.807) is 0 Å². The summed E-state index contributed by atoms with van der Waals surface area (Å²) in [5.74, 6) is 0.957. The Morgan fingerprint density at radius 3 is 2.76 bits per heavy atom. The highest BCUT2D eigenvalue weighted by Gasteiger charge is 2.14. The van der Waals surface area contributed by atoms with Gasteiger partial charge in [-0.15, -0.1) is 0 Å². The fourth-order valence-corrected chi connectivity index (χ4v) is 2.39. The first-order valence-corrected chi connectivity index (χ1v) is 5.91. The molecule has 1 heterocycles. The van der Waals surface area contributed by atoms with Crippen LogP contribution in [0.15, 0.2) is 18.2 Å². The molecule has 2 atom stereocenters. The molecule has 0 spiro atoms. The van der Waals surface area contributed by atoms with Crippen LogP contribution in [-0.4, -0.2) is 20.8 Å².